The van der Waals surface area contributed by atoms with Gasteiger partial charge >= 0.3 is 0 Å². The maximum absolute atomic E-state index is 12.4. The zero-order chi connectivity index (χ0) is 21.6. The topological polar surface area (TPSA) is 92.3 Å². The molecule has 8 nitrogen and oxygen atoms in total. The number of imide groups is 1. The van der Waals surface area contributed by atoms with E-state index in [1.165, 1.54) is 4.90 Å². The van der Waals surface area contributed by atoms with Gasteiger partial charge in [-0.1, -0.05) is 18.2 Å². The maximum Gasteiger partial charge on any atom is 0.261 e. The molecule has 2 aliphatic rings. The van der Waals surface area contributed by atoms with Crippen LogP contribution in [0.4, 0.5) is 0 Å². The summed E-state index contributed by atoms with van der Waals surface area (Å²) in [4.78, 5) is 30.7. The van der Waals surface area contributed by atoms with Gasteiger partial charge in [0.15, 0.2) is 17.5 Å². The van der Waals surface area contributed by atoms with Gasteiger partial charge in [-0.2, -0.15) is 0 Å². The largest absolute Gasteiger partial charge is 0.454 e. The fourth-order valence-corrected chi connectivity index (χ4v) is 3.60. The number of guanidine groups is 1. The summed E-state index contributed by atoms with van der Waals surface area (Å²) in [6.07, 6.45) is 1.53. The zero-order valence-electron chi connectivity index (χ0n) is 17.9. The van der Waals surface area contributed by atoms with Crippen molar-refractivity contribution in [2.24, 2.45) is 4.99 Å². The Morgan fingerprint density at radius 2 is 1.72 bits per heavy atom. The summed E-state index contributed by atoms with van der Waals surface area (Å²) in [6.45, 7) is 4.64. The minimum atomic E-state index is -0.202. The fraction of sp³-hybridized carbons (Fsp3) is 0.348. The number of amides is 2. The van der Waals surface area contributed by atoms with Gasteiger partial charge in [-0.05, 0) is 49.6 Å². The lowest BCUT2D eigenvalue weighted by Gasteiger charge is -2.14. The van der Waals surface area contributed by atoms with Crippen LogP contribution < -0.4 is 20.1 Å². The van der Waals surface area contributed by atoms with Crippen LogP contribution in [0.15, 0.2) is 47.5 Å². The van der Waals surface area contributed by atoms with E-state index < -0.39 is 0 Å². The summed E-state index contributed by atoms with van der Waals surface area (Å²) in [6, 6.07) is 12.8. The predicted octanol–water partition coefficient (Wildman–Crippen LogP) is 3.16. The van der Waals surface area contributed by atoms with Gasteiger partial charge in [0.1, 0.15) is 0 Å². The lowest BCUT2D eigenvalue weighted by molar-refractivity contribution is 0.0652. The molecule has 0 atom stereocenters. The molecule has 0 saturated heterocycles. The molecule has 0 aromatic heterocycles. The quantitative estimate of drug-likeness (QED) is 0.173. The molecule has 4 rings (SSSR count). The van der Waals surface area contributed by atoms with Crippen LogP contribution in [-0.2, 0) is 6.54 Å². The number of rotatable bonds is 8. The van der Waals surface area contributed by atoms with Crippen LogP contribution in [0.1, 0.15) is 46.0 Å². The molecule has 0 bridgehead atoms. The zero-order valence-corrected chi connectivity index (χ0v) is 20.3. The molecule has 2 aromatic carbocycles. The number of fused-ring (bicyclic) bond motifs is 2. The Balaban J connectivity index is 0.00000289. The Bertz CT molecular complexity index is 976. The molecule has 32 heavy (non-hydrogen) atoms. The third-order valence-corrected chi connectivity index (χ3v) is 5.18. The molecule has 0 spiro atoms. The molecule has 2 amide bonds. The first-order valence-corrected chi connectivity index (χ1v) is 10.5. The normalized spacial score (nSPS) is 14.3. The Kier molecular flexibility index (Phi) is 8.32. The van der Waals surface area contributed by atoms with Crippen LogP contribution in [0.3, 0.4) is 0 Å². The summed E-state index contributed by atoms with van der Waals surface area (Å²) >= 11 is 0. The highest BCUT2D eigenvalue weighted by molar-refractivity contribution is 14.0. The maximum atomic E-state index is 12.4. The number of halogens is 1. The van der Waals surface area contributed by atoms with Gasteiger partial charge in [0.05, 0.1) is 17.7 Å². The number of carbonyl (C=O) groups is 2. The summed E-state index contributed by atoms with van der Waals surface area (Å²) in [5, 5.41) is 6.53. The minimum Gasteiger partial charge on any atom is -0.454 e. The van der Waals surface area contributed by atoms with E-state index in [4.69, 9.17) is 9.47 Å². The SMILES string of the molecule is CCNC(=NCc1ccc2c(c1)OCO2)NCCCCN1C(=O)c2ccccc2C1=O.I. The molecule has 9 heteroatoms. The number of carbonyl (C=O) groups excluding carboxylic acids is 2. The van der Waals surface area contributed by atoms with Crippen molar-refractivity contribution >= 4 is 41.8 Å². The van der Waals surface area contributed by atoms with Crippen LogP contribution >= 0.6 is 24.0 Å². The van der Waals surface area contributed by atoms with Gasteiger partial charge in [-0.25, -0.2) is 4.99 Å². The van der Waals surface area contributed by atoms with Crippen molar-refractivity contribution in [3.05, 3.63) is 59.2 Å². The molecule has 0 unspecified atom stereocenters. The lowest BCUT2D eigenvalue weighted by Crippen LogP contribution is -2.38. The van der Waals surface area contributed by atoms with Crippen LogP contribution in [0.5, 0.6) is 11.5 Å². The highest BCUT2D eigenvalue weighted by Crippen LogP contribution is 2.32. The summed E-state index contributed by atoms with van der Waals surface area (Å²) in [5.74, 6) is 1.83. The highest BCUT2D eigenvalue weighted by atomic mass is 127. The van der Waals surface area contributed by atoms with Crippen LogP contribution in [0.2, 0.25) is 0 Å². The monoisotopic (exact) mass is 550 g/mol. The van der Waals surface area contributed by atoms with Crippen LogP contribution in [0.25, 0.3) is 0 Å². The number of ether oxygens (including phenoxy) is 2. The van der Waals surface area contributed by atoms with Crippen molar-refractivity contribution in [3.8, 4) is 11.5 Å². The van der Waals surface area contributed by atoms with Gasteiger partial charge in [-0.3, -0.25) is 14.5 Å². The molecule has 0 fully saturated rings. The average Bonchev–Trinajstić information content (AvgIpc) is 3.35. The Hall–Kier alpha value is -2.82. The second kappa shape index (κ2) is 11.2. The fourth-order valence-electron chi connectivity index (χ4n) is 3.60. The van der Waals surface area contributed by atoms with Crippen molar-refractivity contribution in [2.75, 3.05) is 26.4 Å². The average molecular weight is 550 g/mol. The van der Waals surface area contributed by atoms with E-state index >= 15 is 0 Å². The number of nitrogens with zero attached hydrogens (tertiary/aromatic N) is 2. The molecule has 2 N–H and O–H groups in total. The van der Waals surface area contributed by atoms with Gasteiger partial charge in [0, 0.05) is 19.6 Å². The van der Waals surface area contributed by atoms with Crippen molar-refractivity contribution < 1.29 is 19.1 Å². The number of hydrogen-bond acceptors (Lipinski definition) is 5. The van der Waals surface area contributed by atoms with Gasteiger partial charge in [-0.15, -0.1) is 24.0 Å². The first kappa shape index (κ1) is 23.8. The van der Waals surface area contributed by atoms with E-state index in [0.717, 1.165) is 42.4 Å². The van der Waals surface area contributed by atoms with Gasteiger partial charge < -0.3 is 20.1 Å². The van der Waals surface area contributed by atoms with Crippen molar-refractivity contribution in [2.45, 2.75) is 26.3 Å². The number of nitrogens with one attached hydrogen (secondary N) is 2. The summed E-state index contributed by atoms with van der Waals surface area (Å²) in [7, 11) is 0. The van der Waals surface area contributed by atoms with E-state index in [0.29, 0.717) is 30.8 Å². The van der Waals surface area contributed by atoms with E-state index in [1.54, 1.807) is 24.3 Å². The first-order valence-electron chi connectivity index (χ1n) is 10.5. The number of hydrogen-bond donors (Lipinski definition) is 2. The van der Waals surface area contributed by atoms with Crippen molar-refractivity contribution in [1.29, 1.82) is 0 Å². The third-order valence-electron chi connectivity index (χ3n) is 5.18. The number of aliphatic imine (C=N–C) groups is 1. The molecule has 170 valence electrons. The Morgan fingerprint density at radius 3 is 2.44 bits per heavy atom. The van der Waals surface area contributed by atoms with E-state index in [1.807, 2.05) is 25.1 Å². The minimum absolute atomic E-state index is 0. The van der Waals surface area contributed by atoms with Crippen molar-refractivity contribution in [1.82, 2.24) is 15.5 Å². The molecule has 0 radical (unpaired) electrons. The van der Waals surface area contributed by atoms with E-state index in [2.05, 4.69) is 15.6 Å². The second-order valence-electron chi connectivity index (χ2n) is 7.32. The molecule has 0 saturated carbocycles. The molecule has 2 aromatic rings. The van der Waals surface area contributed by atoms with Crippen molar-refractivity contribution in [3.63, 3.8) is 0 Å². The molecular formula is C23H27IN4O4. The highest BCUT2D eigenvalue weighted by Gasteiger charge is 2.34. The van der Waals surface area contributed by atoms with E-state index in [9.17, 15) is 9.59 Å². The molecule has 2 aliphatic heterocycles. The van der Waals surface area contributed by atoms with Crippen LogP contribution in [0, 0.1) is 0 Å². The number of unbranched alkanes of at least 4 members (excludes halogenated alkanes) is 1. The number of benzene rings is 2. The van der Waals surface area contributed by atoms with Crippen LogP contribution in [-0.4, -0.2) is 49.1 Å². The van der Waals surface area contributed by atoms with Gasteiger partial charge in [0.2, 0.25) is 6.79 Å². The van der Waals surface area contributed by atoms with Gasteiger partial charge in [0.25, 0.3) is 11.8 Å². The Labute approximate surface area is 204 Å². The molecular weight excluding hydrogens is 523 g/mol. The smallest absolute Gasteiger partial charge is 0.261 e. The first-order chi connectivity index (χ1) is 15.2. The molecule has 2 heterocycles. The lowest BCUT2D eigenvalue weighted by atomic mass is 10.1. The predicted molar refractivity (Wildman–Crippen MR) is 132 cm³/mol. The third kappa shape index (κ3) is 5.32. The summed E-state index contributed by atoms with van der Waals surface area (Å²) < 4.78 is 10.7. The standard InChI is InChI=1S/C23H26N4O4.HI/c1-2-24-23(26-14-16-9-10-19-20(13-16)31-15-30-19)25-11-5-6-12-27-21(28)17-7-3-4-8-18(17)22(27)29;/h3-4,7-10,13H,2,5-6,11-12,14-15H2,1H3,(H2,24,25,26);1H. The second-order valence-corrected chi connectivity index (χ2v) is 7.32. The Morgan fingerprint density at radius 1 is 1.00 bits per heavy atom. The van der Waals surface area contributed by atoms with E-state index in [-0.39, 0.29) is 42.6 Å². The molecule has 0 aliphatic carbocycles. The summed E-state index contributed by atoms with van der Waals surface area (Å²) in [5.41, 5.74) is 2.03.